The summed E-state index contributed by atoms with van der Waals surface area (Å²) in [6.07, 6.45) is -0.153. The van der Waals surface area contributed by atoms with Crippen LogP contribution in [0, 0.1) is 0 Å². The van der Waals surface area contributed by atoms with E-state index in [9.17, 15) is 9.59 Å². The highest BCUT2D eigenvalue weighted by molar-refractivity contribution is 5.96. The number of hydrogen-bond acceptors (Lipinski definition) is 5. The predicted molar refractivity (Wildman–Crippen MR) is 89.1 cm³/mol. The van der Waals surface area contributed by atoms with Gasteiger partial charge in [-0.15, -0.1) is 0 Å². The number of carbonyl (C=O) groups is 2. The maximum atomic E-state index is 12.4. The molecule has 134 valence electrons. The lowest BCUT2D eigenvalue weighted by atomic mass is 10.1. The topological polar surface area (TPSA) is 94.1 Å². The molecule has 0 aliphatic rings. The molecule has 0 bridgehead atoms. The summed E-state index contributed by atoms with van der Waals surface area (Å²) in [5, 5.41) is 11.4. The molecule has 1 unspecified atom stereocenters. The Labute approximate surface area is 141 Å². The number of hydrogen-bond donors (Lipinski definition) is 2. The number of aliphatic carboxylic acids is 1. The maximum Gasteiger partial charge on any atom is 0.305 e. The lowest BCUT2D eigenvalue weighted by Gasteiger charge is -2.18. The number of rotatable bonds is 10. The van der Waals surface area contributed by atoms with E-state index in [4.69, 9.17) is 19.3 Å². The van der Waals surface area contributed by atoms with E-state index in [0.29, 0.717) is 42.6 Å². The van der Waals surface area contributed by atoms with Crippen molar-refractivity contribution in [1.29, 1.82) is 0 Å². The van der Waals surface area contributed by atoms with Crippen LogP contribution in [0.1, 0.15) is 44.5 Å². The second kappa shape index (κ2) is 9.64. The minimum absolute atomic E-state index is 0.153. The number of amides is 1. The first kappa shape index (κ1) is 19.6. The number of benzene rings is 1. The van der Waals surface area contributed by atoms with E-state index in [1.54, 1.807) is 19.1 Å². The third-order valence-electron chi connectivity index (χ3n) is 3.03. The zero-order chi connectivity index (χ0) is 18.1. The Bertz CT molecular complexity index is 545. The van der Waals surface area contributed by atoms with E-state index >= 15 is 0 Å². The lowest BCUT2D eigenvalue weighted by molar-refractivity contribution is -0.137. The van der Waals surface area contributed by atoms with Gasteiger partial charge < -0.3 is 24.6 Å². The van der Waals surface area contributed by atoms with Crippen LogP contribution >= 0.6 is 0 Å². The van der Waals surface area contributed by atoms with Crippen molar-refractivity contribution in [3.8, 4) is 17.2 Å². The molecule has 1 amide bonds. The van der Waals surface area contributed by atoms with E-state index < -0.39 is 17.9 Å². The molecule has 7 heteroatoms. The van der Waals surface area contributed by atoms with Gasteiger partial charge in [-0.05, 0) is 39.8 Å². The van der Waals surface area contributed by atoms with Gasteiger partial charge in [-0.2, -0.15) is 0 Å². The normalized spacial score (nSPS) is 11.5. The average molecular weight is 339 g/mol. The highest BCUT2D eigenvalue weighted by Gasteiger charge is 2.19. The number of nitrogens with one attached hydrogen (secondary N) is 1. The molecule has 0 aromatic heterocycles. The standard InChI is InChI=1S/C17H25NO6/c1-5-22-13-9-12(17(21)18-11(4)8-15(19)20)10-14(23-6-2)16(13)24-7-3/h9-11H,5-8H2,1-4H3,(H,18,21)(H,19,20). The Kier molecular flexibility index (Phi) is 7.88. The third-order valence-corrected chi connectivity index (χ3v) is 3.03. The fourth-order valence-electron chi connectivity index (χ4n) is 2.14. The molecule has 0 radical (unpaired) electrons. The van der Waals surface area contributed by atoms with Crippen LogP contribution < -0.4 is 19.5 Å². The van der Waals surface area contributed by atoms with Gasteiger partial charge in [-0.25, -0.2) is 0 Å². The summed E-state index contributed by atoms with van der Waals surface area (Å²) in [5.41, 5.74) is 0.322. The molecular formula is C17H25NO6. The first-order valence-electron chi connectivity index (χ1n) is 8.01. The van der Waals surface area contributed by atoms with E-state index in [0.717, 1.165) is 0 Å². The van der Waals surface area contributed by atoms with Gasteiger partial charge in [0.2, 0.25) is 5.75 Å². The summed E-state index contributed by atoms with van der Waals surface area (Å²) in [6, 6.07) is 2.65. The largest absolute Gasteiger partial charge is 0.490 e. The Morgan fingerprint density at radius 2 is 1.54 bits per heavy atom. The maximum absolute atomic E-state index is 12.4. The number of carboxylic acid groups (broad SMARTS) is 1. The second-order valence-corrected chi connectivity index (χ2v) is 5.07. The van der Waals surface area contributed by atoms with Crippen LogP contribution in [0.4, 0.5) is 0 Å². The Morgan fingerprint density at radius 3 is 1.96 bits per heavy atom. The third kappa shape index (κ3) is 5.64. The first-order chi connectivity index (χ1) is 11.4. The summed E-state index contributed by atoms with van der Waals surface area (Å²) in [5.74, 6) is -0.0766. The number of ether oxygens (including phenoxy) is 3. The summed E-state index contributed by atoms with van der Waals surface area (Å²) in [6.45, 7) is 8.39. The van der Waals surface area contributed by atoms with Crippen molar-refractivity contribution in [3.63, 3.8) is 0 Å². The fourth-order valence-corrected chi connectivity index (χ4v) is 2.14. The van der Waals surface area contributed by atoms with Crippen molar-refractivity contribution >= 4 is 11.9 Å². The van der Waals surface area contributed by atoms with Crippen molar-refractivity contribution in [2.45, 2.75) is 40.2 Å². The van der Waals surface area contributed by atoms with Gasteiger partial charge in [-0.3, -0.25) is 9.59 Å². The Hall–Kier alpha value is -2.44. The van der Waals surface area contributed by atoms with Crippen molar-refractivity contribution < 1.29 is 28.9 Å². The minimum atomic E-state index is -0.973. The summed E-state index contributed by atoms with van der Waals surface area (Å²) in [4.78, 5) is 23.1. The molecule has 7 nitrogen and oxygen atoms in total. The summed E-state index contributed by atoms with van der Waals surface area (Å²) >= 11 is 0. The molecule has 24 heavy (non-hydrogen) atoms. The molecule has 2 N–H and O–H groups in total. The molecule has 0 spiro atoms. The monoisotopic (exact) mass is 339 g/mol. The van der Waals surface area contributed by atoms with Crippen LogP contribution in [-0.2, 0) is 4.79 Å². The van der Waals surface area contributed by atoms with Gasteiger partial charge in [0.25, 0.3) is 5.91 Å². The van der Waals surface area contributed by atoms with E-state index in [2.05, 4.69) is 5.32 Å². The highest BCUT2D eigenvalue weighted by Crippen LogP contribution is 2.39. The molecule has 1 rings (SSSR count). The molecule has 0 saturated heterocycles. The van der Waals surface area contributed by atoms with Crippen molar-refractivity contribution in [2.75, 3.05) is 19.8 Å². The molecule has 0 aliphatic carbocycles. The van der Waals surface area contributed by atoms with Crippen molar-refractivity contribution in [2.24, 2.45) is 0 Å². The van der Waals surface area contributed by atoms with Gasteiger partial charge in [-0.1, -0.05) is 0 Å². The molecular weight excluding hydrogens is 314 g/mol. The number of carboxylic acids is 1. The quantitative estimate of drug-likeness (QED) is 0.680. The molecule has 0 saturated carbocycles. The SMILES string of the molecule is CCOc1cc(C(=O)NC(C)CC(=O)O)cc(OCC)c1OCC. The molecule has 1 atom stereocenters. The highest BCUT2D eigenvalue weighted by atomic mass is 16.5. The summed E-state index contributed by atoms with van der Waals surface area (Å²) in [7, 11) is 0. The fraction of sp³-hybridized carbons (Fsp3) is 0.529. The second-order valence-electron chi connectivity index (χ2n) is 5.07. The average Bonchev–Trinajstić information content (AvgIpc) is 2.49. The van der Waals surface area contributed by atoms with Crippen LogP contribution in [0.15, 0.2) is 12.1 Å². The predicted octanol–water partition coefficient (Wildman–Crippen LogP) is 2.48. The van der Waals surface area contributed by atoms with E-state index in [1.165, 1.54) is 0 Å². The van der Waals surface area contributed by atoms with Crippen molar-refractivity contribution in [3.05, 3.63) is 17.7 Å². The molecule has 1 aromatic carbocycles. The first-order valence-corrected chi connectivity index (χ1v) is 8.01. The van der Waals surface area contributed by atoms with Gasteiger partial charge in [0.1, 0.15) is 0 Å². The Balaban J connectivity index is 3.13. The van der Waals surface area contributed by atoms with Gasteiger partial charge >= 0.3 is 5.97 Å². The molecule has 1 aromatic rings. The number of carbonyl (C=O) groups excluding carboxylic acids is 1. The smallest absolute Gasteiger partial charge is 0.305 e. The van der Waals surface area contributed by atoms with Gasteiger partial charge in [0, 0.05) is 11.6 Å². The lowest BCUT2D eigenvalue weighted by Crippen LogP contribution is -2.34. The molecule has 0 heterocycles. The van der Waals surface area contributed by atoms with Crippen LogP contribution in [0.25, 0.3) is 0 Å². The summed E-state index contributed by atoms with van der Waals surface area (Å²) < 4.78 is 16.7. The minimum Gasteiger partial charge on any atom is -0.490 e. The van der Waals surface area contributed by atoms with E-state index in [-0.39, 0.29) is 6.42 Å². The zero-order valence-corrected chi connectivity index (χ0v) is 14.5. The van der Waals surface area contributed by atoms with Crippen LogP contribution in [0.3, 0.4) is 0 Å². The van der Waals surface area contributed by atoms with Gasteiger partial charge in [0.15, 0.2) is 11.5 Å². The van der Waals surface area contributed by atoms with Crippen LogP contribution in [0.2, 0.25) is 0 Å². The molecule has 0 aliphatic heterocycles. The van der Waals surface area contributed by atoms with Gasteiger partial charge in [0.05, 0.1) is 26.2 Å². The van der Waals surface area contributed by atoms with Crippen molar-refractivity contribution in [1.82, 2.24) is 5.32 Å². The Morgan fingerprint density at radius 1 is 1.04 bits per heavy atom. The zero-order valence-electron chi connectivity index (χ0n) is 14.5. The van der Waals surface area contributed by atoms with Crippen LogP contribution in [0.5, 0.6) is 17.2 Å². The van der Waals surface area contributed by atoms with Crippen LogP contribution in [-0.4, -0.2) is 42.8 Å². The molecule has 0 fully saturated rings. The van der Waals surface area contributed by atoms with E-state index in [1.807, 2.05) is 20.8 Å².